The monoisotopic (exact) mass is 214 g/mol. The van der Waals surface area contributed by atoms with Crippen molar-refractivity contribution in [3.63, 3.8) is 0 Å². The van der Waals surface area contributed by atoms with Gasteiger partial charge in [-0.2, -0.15) is 0 Å². The molecule has 4 heteroatoms. The van der Waals surface area contributed by atoms with E-state index < -0.39 is 0 Å². The lowest BCUT2D eigenvalue weighted by Crippen LogP contribution is -2.47. The normalized spacial score (nSPS) is 22.7. The largest absolute Gasteiger partial charge is 0.465 e. The first-order valence-electron chi connectivity index (χ1n) is 5.87. The zero-order valence-electron chi connectivity index (χ0n) is 9.79. The van der Waals surface area contributed by atoms with Crippen LogP contribution in [0.15, 0.2) is 0 Å². The quantitative estimate of drug-likeness (QED) is 0.681. The number of carbonyl (C=O) groups excluding carboxylic acids is 1. The Morgan fingerprint density at radius 3 is 3.00 bits per heavy atom. The number of hydrogen-bond acceptors (Lipinski definition) is 4. The predicted molar refractivity (Wildman–Crippen MR) is 59.8 cm³/mol. The van der Waals surface area contributed by atoms with Crippen molar-refractivity contribution >= 4 is 5.97 Å². The van der Waals surface area contributed by atoms with Crippen LogP contribution < -0.4 is 5.32 Å². The maximum absolute atomic E-state index is 11.3. The number of nitrogens with zero attached hydrogens (tertiary/aromatic N) is 1. The zero-order chi connectivity index (χ0) is 11.1. The molecule has 1 heterocycles. The molecule has 0 aromatic carbocycles. The molecular formula is C11H22N2O2. The van der Waals surface area contributed by atoms with Crippen molar-refractivity contribution in [3.8, 4) is 0 Å². The predicted octanol–water partition coefficient (Wildman–Crippen LogP) is 0.623. The van der Waals surface area contributed by atoms with Gasteiger partial charge in [0.2, 0.25) is 0 Å². The van der Waals surface area contributed by atoms with Crippen molar-refractivity contribution in [1.82, 2.24) is 10.2 Å². The van der Waals surface area contributed by atoms with E-state index in [0.717, 1.165) is 26.1 Å². The van der Waals surface area contributed by atoms with Crippen LogP contribution >= 0.6 is 0 Å². The minimum Gasteiger partial charge on any atom is -0.465 e. The average molecular weight is 214 g/mol. The highest BCUT2D eigenvalue weighted by Crippen LogP contribution is 2.09. The molecule has 0 saturated carbocycles. The van der Waals surface area contributed by atoms with Crippen molar-refractivity contribution in [3.05, 3.63) is 0 Å². The minimum atomic E-state index is -0.102. The molecule has 0 aromatic heterocycles. The molecule has 1 aliphatic rings. The van der Waals surface area contributed by atoms with Crippen LogP contribution in [0.5, 0.6) is 0 Å². The molecule has 1 N–H and O–H groups in total. The SMILES string of the molecule is CCNC1CCCN(CC(=O)OCC)C1. The van der Waals surface area contributed by atoms with Gasteiger partial charge in [0.1, 0.15) is 0 Å². The molecular weight excluding hydrogens is 192 g/mol. The van der Waals surface area contributed by atoms with Gasteiger partial charge in [0.25, 0.3) is 0 Å². The lowest BCUT2D eigenvalue weighted by atomic mass is 10.1. The lowest BCUT2D eigenvalue weighted by Gasteiger charge is -2.32. The number of rotatable bonds is 5. The standard InChI is InChI=1S/C11H22N2O2/c1-3-12-10-6-5-7-13(8-10)9-11(14)15-4-2/h10,12H,3-9H2,1-2H3. The van der Waals surface area contributed by atoms with Gasteiger partial charge in [0, 0.05) is 12.6 Å². The van der Waals surface area contributed by atoms with Gasteiger partial charge in [-0.15, -0.1) is 0 Å². The summed E-state index contributed by atoms with van der Waals surface area (Å²) < 4.78 is 4.94. The van der Waals surface area contributed by atoms with Crippen LogP contribution in [0, 0.1) is 0 Å². The Morgan fingerprint density at radius 2 is 2.33 bits per heavy atom. The highest BCUT2D eigenvalue weighted by Gasteiger charge is 2.20. The molecule has 0 bridgehead atoms. The first kappa shape index (κ1) is 12.5. The Kier molecular flexibility index (Phi) is 5.65. The Bertz CT molecular complexity index is 195. The van der Waals surface area contributed by atoms with Crippen molar-refractivity contribution < 1.29 is 9.53 Å². The Labute approximate surface area is 92.0 Å². The van der Waals surface area contributed by atoms with E-state index in [2.05, 4.69) is 17.1 Å². The molecule has 0 aromatic rings. The summed E-state index contributed by atoms with van der Waals surface area (Å²) in [6.45, 7) is 7.85. The van der Waals surface area contributed by atoms with E-state index in [1.807, 2.05) is 6.92 Å². The molecule has 1 aliphatic heterocycles. The Morgan fingerprint density at radius 1 is 1.53 bits per heavy atom. The summed E-state index contributed by atoms with van der Waals surface area (Å²) in [6, 6.07) is 0.540. The highest BCUT2D eigenvalue weighted by molar-refractivity contribution is 5.71. The van der Waals surface area contributed by atoms with Gasteiger partial charge in [0.15, 0.2) is 0 Å². The van der Waals surface area contributed by atoms with E-state index >= 15 is 0 Å². The van der Waals surface area contributed by atoms with Gasteiger partial charge in [-0.3, -0.25) is 9.69 Å². The topological polar surface area (TPSA) is 41.6 Å². The molecule has 0 amide bonds. The number of piperidine rings is 1. The highest BCUT2D eigenvalue weighted by atomic mass is 16.5. The maximum atomic E-state index is 11.3. The van der Waals surface area contributed by atoms with Gasteiger partial charge < -0.3 is 10.1 Å². The van der Waals surface area contributed by atoms with Crippen molar-refractivity contribution in [2.45, 2.75) is 32.7 Å². The Hall–Kier alpha value is -0.610. The number of hydrogen-bond donors (Lipinski definition) is 1. The van der Waals surface area contributed by atoms with Crippen LogP contribution in [0.25, 0.3) is 0 Å². The molecule has 0 aliphatic carbocycles. The summed E-state index contributed by atoms with van der Waals surface area (Å²) >= 11 is 0. The maximum Gasteiger partial charge on any atom is 0.320 e. The van der Waals surface area contributed by atoms with E-state index in [4.69, 9.17) is 4.74 Å². The number of carbonyl (C=O) groups is 1. The van der Waals surface area contributed by atoms with Crippen LogP contribution in [-0.4, -0.2) is 49.7 Å². The summed E-state index contributed by atoms with van der Waals surface area (Å²) in [6.07, 6.45) is 2.38. The van der Waals surface area contributed by atoms with Crippen LogP contribution in [0.1, 0.15) is 26.7 Å². The molecule has 1 unspecified atom stereocenters. The lowest BCUT2D eigenvalue weighted by molar-refractivity contribution is -0.144. The third-order valence-corrected chi connectivity index (χ3v) is 2.66. The minimum absolute atomic E-state index is 0.102. The molecule has 88 valence electrons. The van der Waals surface area contributed by atoms with Gasteiger partial charge in [-0.25, -0.2) is 0 Å². The summed E-state index contributed by atoms with van der Waals surface area (Å²) in [5.41, 5.74) is 0. The number of likely N-dealkylation sites (tertiary alicyclic amines) is 1. The summed E-state index contributed by atoms with van der Waals surface area (Å²) in [5, 5.41) is 3.43. The number of nitrogens with one attached hydrogen (secondary N) is 1. The van der Waals surface area contributed by atoms with Crippen LogP contribution in [-0.2, 0) is 9.53 Å². The van der Waals surface area contributed by atoms with Crippen molar-refractivity contribution in [1.29, 1.82) is 0 Å². The second-order valence-corrected chi connectivity index (χ2v) is 3.94. The molecule has 1 atom stereocenters. The first-order chi connectivity index (χ1) is 7.26. The van der Waals surface area contributed by atoms with Gasteiger partial charge in [-0.1, -0.05) is 6.92 Å². The van der Waals surface area contributed by atoms with E-state index in [-0.39, 0.29) is 5.97 Å². The third kappa shape index (κ3) is 4.62. The number of likely N-dealkylation sites (N-methyl/N-ethyl adjacent to an activating group) is 1. The fourth-order valence-corrected chi connectivity index (χ4v) is 2.04. The van der Waals surface area contributed by atoms with E-state index in [1.165, 1.54) is 6.42 Å². The molecule has 15 heavy (non-hydrogen) atoms. The summed E-state index contributed by atoms with van der Waals surface area (Å²) in [4.78, 5) is 13.5. The van der Waals surface area contributed by atoms with Crippen LogP contribution in [0.4, 0.5) is 0 Å². The first-order valence-corrected chi connectivity index (χ1v) is 5.87. The second kappa shape index (κ2) is 6.80. The fourth-order valence-electron chi connectivity index (χ4n) is 2.04. The van der Waals surface area contributed by atoms with E-state index in [1.54, 1.807) is 0 Å². The van der Waals surface area contributed by atoms with Crippen LogP contribution in [0.3, 0.4) is 0 Å². The van der Waals surface area contributed by atoms with E-state index in [9.17, 15) is 4.79 Å². The summed E-state index contributed by atoms with van der Waals surface area (Å²) in [5.74, 6) is -0.102. The zero-order valence-corrected chi connectivity index (χ0v) is 9.79. The molecule has 0 spiro atoms. The number of esters is 1. The van der Waals surface area contributed by atoms with Gasteiger partial charge in [-0.05, 0) is 32.9 Å². The average Bonchev–Trinajstić information content (AvgIpc) is 2.19. The number of ether oxygens (including phenoxy) is 1. The third-order valence-electron chi connectivity index (χ3n) is 2.66. The second-order valence-electron chi connectivity index (χ2n) is 3.94. The fraction of sp³-hybridized carbons (Fsp3) is 0.909. The van der Waals surface area contributed by atoms with E-state index in [0.29, 0.717) is 19.2 Å². The van der Waals surface area contributed by atoms with Crippen molar-refractivity contribution in [2.75, 3.05) is 32.8 Å². The van der Waals surface area contributed by atoms with Gasteiger partial charge in [0.05, 0.1) is 13.2 Å². The van der Waals surface area contributed by atoms with Gasteiger partial charge >= 0.3 is 5.97 Å². The smallest absolute Gasteiger partial charge is 0.320 e. The molecule has 0 radical (unpaired) electrons. The molecule has 1 fully saturated rings. The molecule has 4 nitrogen and oxygen atoms in total. The van der Waals surface area contributed by atoms with Crippen molar-refractivity contribution in [2.24, 2.45) is 0 Å². The summed E-state index contributed by atoms with van der Waals surface area (Å²) in [7, 11) is 0. The van der Waals surface area contributed by atoms with Crippen LogP contribution in [0.2, 0.25) is 0 Å². The molecule has 1 saturated heterocycles. The molecule has 1 rings (SSSR count). The Balaban J connectivity index is 2.26.